The van der Waals surface area contributed by atoms with Crippen molar-refractivity contribution >= 4 is 5.78 Å². The topological polar surface area (TPSA) is 57.5 Å². The fourth-order valence-electron chi connectivity index (χ4n) is 7.66. The molecule has 4 rings (SSSR count). The number of ketones is 1. The first kappa shape index (κ1) is 17.7. The van der Waals surface area contributed by atoms with Gasteiger partial charge in [0.2, 0.25) is 0 Å². The largest absolute Gasteiger partial charge is 0.395 e. The van der Waals surface area contributed by atoms with E-state index in [-0.39, 0.29) is 35.4 Å². The maximum Gasteiger partial charge on any atom is 0.140 e. The summed E-state index contributed by atoms with van der Waals surface area (Å²) in [5, 5.41) is 21.3. The molecular weight excluding hydrogens is 312 g/mol. The van der Waals surface area contributed by atoms with Crippen molar-refractivity contribution < 1.29 is 15.0 Å². The summed E-state index contributed by atoms with van der Waals surface area (Å²) in [5.41, 5.74) is 1.05. The van der Waals surface area contributed by atoms with E-state index in [4.69, 9.17) is 0 Å². The van der Waals surface area contributed by atoms with Crippen molar-refractivity contribution in [1.82, 2.24) is 0 Å². The fourth-order valence-corrected chi connectivity index (χ4v) is 7.66. The lowest BCUT2D eigenvalue weighted by Gasteiger charge is -2.62. The zero-order valence-electron chi connectivity index (χ0n) is 16.2. The number of carbonyl (C=O) groups excluding carboxylic acids is 1. The van der Waals surface area contributed by atoms with Gasteiger partial charge in [0.15, 0.2) is 0 Å². The highest BCUT2D eigenvalue weighted by atomic mass is 16.3. The highest BCUT2D eigenvalue weighted by Gasteiger charge is 2.63. The van der Waals surface area contributed by atoms with Gasteiger partial charge in [0, 0.05) is 17.8 Å². The van der Waals surface area contributed by atoms with Crippen LogP contribution in [0.2, 0.25) is 0 Å². The SMILES string of the molecule is CC1C(=O)CC(C)[C@@]2(CO)C1=CC(C)[C@@H]1[C@H]2CC[C@]2(C)C(O)CC[C@@H]12. The Bertz CT molecular complexity index is 610. The second kappa shape index (κ2) is 5.66. The Morgan fingerprint density at radius 1 is 1.16 bits per heavy atom. The number of rotatable bonds is 1. The van der Waals surface area contributed by atoms with Gasteiger partial charge >= 0.3 is 0 Å². The van der Waals surface area contributed by atoms with E-state index < -0.39 is 0 Å². The van der Waals surface area contributed by atoms with Crippen LogP contribution in [0.25, 0.3) is 0 Å². The Balaban J connectivity index is 1.83. The molecular formula is C22H34O3. The van der Waals surface area contributed by atoms with E-state index >= 15 is 0 Å². The zero-order chi connectivity index (χ0) is 18.1. The van der Waals surface area contributed by atoms with E-state index in [1.807, 2.05) is 6.92 Å². The van der Waals surface area contributed by atoms with E-state index in [2.05, 4.69) is 26.8 Å². The van der Waals surface area contributed by atoms with Crippen molar-refractivity contribution in [2.24, 2.45) is 46.3 Å². The molecule has 0 aromatic rings. The molecule has 3 nitrogen and oxygen atoms in total. The second-order valence-electron chi connectivity index (χ2n) is 9.90. The molecule has 0 aromatic carbocycles. The number of hydrogen-bond donors (Lipinski definition) is 2. The summed E-state index contributed by atoms with van der Waals surface area (Å²) in [4.78, 5) is 12.5. The molecule has 0 spiro atoms. The predicted molar refractivity (Wildman–Crippen MR) is 97.8 cm³/mol. The third kappa shape index (κ3) is 2.09. The minimum Gasteiger partial charge on any atom is -0.395 e. The summed E-state index contributed by atoms with van der Waals surface area (Å²) in [6.07, 6.45) is 6.93. The first-order chi connectivity index (χ1) is 11.8. The lowest BCUT2D eigenvalue weighted by atomic mass is 9.43. The van der Waals surface area contributed by atoms with Gasteiger partial charge in [-0.25, -0.2) is 0 Å². The van der Waals surface area contributed by atoms with Crippen LogP contribution in [0.5, 0.6) is 0 Å². The monoisotopic (exact) mass is 346 g/mol. The molecule has 3 heteroatoms. The van der Waals surface area contributed by atoms with Crippen LogP contribution in [-0.4, -0.2) is 28.7 Å². The van der Waals surface area contributed by atoms with Crippen molar-refractivity contribution in [2.75, 3.05) is 6.61 Å². The van der Waals surface area contributed by atoms with Crippen LogP contribution >= 0.6 is 0 Å². The maximum absolute atomic E-state index is 12.5. The van der Waals surface area contributed by atoms with Crippen LogP contribution in [0.1, 0.15) is 59.8 Å². The van der Waals surface area contributed by atoms with Crippen LogP contribution in [0.4, 0.5) is 0 Å². The standard InChI is InChI=1S/C22H34O3/c1-12-9-17-14(3)18(24)10-13(2)22(17,11-23)16-7-8-21(4)15(20(12)16)5-6-19(21)25/h9,12-16,19-20,23,25H,5-8,10-11H2,1-4H3/t12?,13?,14?,15-,16+,19?,20-,21-,22+/m0/s1. The molecule has 0 saturated heterocycles. The van der Waals surface area contributed by atoms with Crippen LogP contribution in [0.15, 0.2) is 11.6 Å². The van der Waals surface area contributed by atoms with Crippen LogP contribution in [0, 0.1) is 46.3 Å². The van der Waals surface area contributed by atoms with E-state index in [1.54, 1.807) is 0 Å². The van der Waals surface area contributed by atoms with E-state index in [9.17, 15) is 15.0 Å². The zero-order valence-corrected chi connectivity index (χ0v) is 16.2. The van der Waals surface area contributed by atoms with Crippen molar-refractivity contribution in [3.8, 4) is 0 Å². The smallest absolute Gasteiger partial charge is 0.140 e. The van der Waals surface area contributed by atoms with E-state index in [1.165, 1.54) is 5.57 Å². The molecule has 3 fully saturated rings. The van der Waals surface area contributed by atoms with Gasteiger partial charge in [-0.3, -0.25) is 4.79 Å². The molecule has 0 aliphatic heterocycles. The Morgan fingerprint density at radius 2 is 1.88 bits per heavy atom. The first-order valence-electron chi connectivity index (χ1n) is 10.3. The second-order valence-corrected chi connectivity index (χ2v) is 9.90. The molecule has 4 unspecified atom stereocenters. The van der Waals surface area contributed by atoms with Crippen LogP contribution < -0.4 is 0 Å². The van der Waals surface area contributed by atoms with Gasteiger partial charge in [-0.05, 0) is 60.7 Å². The van der Waals surface area contributed by atoms with Crippen LogP contribution in [-0.2, 0) is 4.79 Å². The molecule has 2 N–H and O–H groups in total. The summed E-state index contributed by atoms with van der Waals surface area (Å²) in [5.74, 6) is 2.44. The van der Waals surface area contributed by atoms with Gasteiger partial charge in [-0.15, -0.1) is 0 Å². The molecule has 0 radical (unpaired) electrons. The van der Waals surface area contributed by atoms with Gasteiger partial charge < -0.3 is 10.2 Å². The Morgan fingerprint density at radius 3 is 2.56 bits per heavy atom. The van der Waals surface area contributed by atoms with Crippen LogP contribution in [0.3, 0.4) is 0 Å². The molecule has 4 aliphatic rings. The summed E-state index contributed by atoms with van der Waals surface area (Å²) < 4.78 is 0. The highest BCUT2D eigenvalue weighted by Crippen LogP contribution is 2.67. The Hall–Kier alpha value is -0.670. The minimum absolute atomic E-state index is 0.0384. The van der Waals surface area contributed by atoms with E-state index in [0.717, 1.165) is 25.7 Å². The van der Waals surface area contributed by atoms with Gasteiger partial charge in [0.05, 0.1) is 12.7 Å². The van der Waals surface area contributed by atoms with Gasteiger partial charge in [0.25, 0.3) is 0 Å². The minimum atomic E-state index is -0.223. The number of aliphatic hydroxyl groups is 2. The van der Waals surface area contributed by atoms with Gasteiger partial charge in [-0.2, -0.15) is 0 Å². The lowest BCUT2D eigenvalue weighted by molar-refractivity contribution is -0.138. The molecule has 3 saturated carbocycles. The molecule has 25 heavy (non-hydrogen) atoms. The number of carbonyl (C=O) groups is 1. The average molecular weight is 347 g/mol. The van der Waals surface area contributed by atoms with Crippen molar-refractivity contribution in [3.63, 3.8) is 0 Å². The van der Waals surface area contributed by atoms with Crippen molar-refractivity contribution in [1.29, 1.82) is 0 Å². The molecule has 9 atom stereocenters. The Labute approximate surface area is 151 Å². The molecule has 0 aromatic heterocycles. The van der Waals surface area contributed by atoms with Crippen molar-refractivity contribution in [2.45, 2.75) is 65.9 Å². The molecule has 4 aliphatic carbocycles. The number of Topliss-reactive ketones (excluding diaryl/α,β-unsaturated/α-hetero) is 1. The Kier molecular flexibility index (Phi) is 4.01. The molecule has 0 bridgehead atoms. The van der Waals surface area contributed by atoms with E-state index in [0.29, 0.717) is 35.9 Å². The van der Waals surface area contributed by atoms with Gasteiger partial charge in [0.1, 0.15) is 5.78 Å². The number of hydrogen-bond acceptors (Lipinski definition) is 3. The normalized spacial score (nSPS) is 55.2. The summed E-state index contributed by atoms with van der Waals surface area (Å²) in [6, 6.07) is 0. The number of aliphatic hydroxyl groups excluding tert-OH is 2. The number of allylic oxidation sites excluding steroid dienone is 1. The molecule has 140 valence electrons. The highest BCUT2D eigenvalue weighted by molar-refractivity contribution is 5.85. The van der Waals surface area contributed by atoms with Crippen molar-refractivity contribution in [3.05, 3.63) is 11.6 Å². The lowest BCUT2D eigenvalue weighted by Crippen LogP contribution is -2.59. The maximum atomic E-state index is 12.5. The van der Waals surface area contributed by atoms with Gasteiger partial charge in [-0.1, -0.05) is 39.3 Å². The molecule has 0 amide bonds. The predicted octanol–water partition coefficient (Wildman–Crippen LogP) is 3.59. The number of fused-ring (bicyclic) bond motifs is 5. The summed E-state index contributed by atoms with van der Waals surface area (Å²) >= 11 is 0. The third-order valence-corrected chi connectivity index (χ3v) is 9.13. The fraction of sp³-hybridized carbons (Fsp3) is 0.864. The average Bonchev–Trinajstić information content (AvgIpc) is 2.88. The summed E-state index contributed by atoms with van der Waals surface area (Å²) in [7, 11) is 0. The first-order valence-corrected chi connectivity index (χ1v) is 10.3. The summed E-state index contributed by atoms with van der Waals surface area (Å²) in [6.45, 7) is 8.98. The molecule has 0 heterocycles. The quantitative estimate of drug-likeness (QED) is 0.713. The third-order valence-electron chi connectivity index (χ3n) is 9.13.